The summed E-state index contributed by atoms with van der Waals surface area (Å²) < 4.78 is 0. The van der Waals surface area contributed by atoms with Gasteiger partial charge in [-0.3, -0.25) is 0 Å². The van der Waals surface area contributed by atoms with Gasteiger partial charge in [0.15, 0.2) is 0 Å². The van der Waals surface area contributed by atoms with Crippen LogP contribution in [0.4, 0.5) is 0 Å². The van der Waals surface area contributed by atoms with Crippen molar-refractivity contribution in [1.82, 2.24) is 0 Å². The van der Waals surface area contributed by atoms with Gasteiger partial charge in [0.25, 0.3) is 0 Å². The maximum absolute atomic E-state index is 2.48. The zero-order valence-electron chi connectivity index (χ0n) is 12.1. The summed E-state index contributed by atoms with van der Waals surface area (Å²) in [5.74, 6) is 0. The van der Waals surface area contributed by atoms with E-state index in [0.29, 0.717) is 10.8 Å². The zero-order valence-corrected chi connectivity index (χ0v) is 12.1. The molecule has 88 valence electrons. The topological polar surface area (TPSA) is 0 Å². The summed E-state index contributed by atoms with van der Waals surface area (Å²) in [6.45, 7) is 21.5. The second-order valence-electron chi connectivity index (χ2n) is 7.42. The van der Waals surface area contributed by atoms with Crippen molar-refractivity contribution in [1.29, 1.82) is 0 Å². The SMILES string of the molecule is CC1=CC(C)(C)C(C)(C)C(C)(C)C1(C)C. The molecule has 0 aromatic rings. The Labute approximate surface area is 96.2 Å². The molecular formula is C15H28. The smallest absolute Gasteiger partial charge is 0.00907 e. The normalized spacial score (nSPS) is 30.9. The molecule has 0 heterocycles. The molecule has 0 N–H and O–H groups in total. The lowest BCUT2D eigenvalue weighted by molar-refractivity contribution is -0.0753. The third kappa shape index (κ3) is 1.33. The Bertz CT molecular complexity index is 298. The Morgan fingerprint density at radius 3 is 1.53 bits per heavy atom. The molecule has 0 radical (unpaired) electrons. The number of allylic oxidation sites excluding steroid dienone is 2. The van der Waals surface area contributed by atoms with Crippen molar-refractivity contribution in [3.05, 3.63) is 11.6 Å². The Morgan fingerprint density at radius 2 is 1.13 bits per heavy atom. The third-order valence-corrected chi connectivity index (χ3v) is 6.30. The summed E-state index contributed by atoms with van der Waals surface area (Å²) in [5.41, 5.74) is 2.71. The summed E-state index contributed by atoms with van der Waals surface area (Å²) in [7, 11) is 0. The summed E-state index contributed by atoms with van der Waals surface area (Å²) in [5, 5.41) is 0. The van der Waals surface area contributed by atoms with Gasteiger partial charge in [-0.1, -0.05) is 67.0 Å². The van der Waals surface area contributed by atoms with Crippen LogP contribution in [0.3, 0.4) is 0 Å². The van der Waals surface area contributed by atoms with E-state index < -0.39 is 0 Å². The van der Waals surface area contributed by atoms with Crippen LogP contribution in [-0.2, 0) is 0 Å². The van der Waals surface area contributed by atoms with Gasteiger partial charge in [-0.25, -0.2) is 0 Å². The van der Waals surface area contributed by atoms with Crippen molar-refractivity contribution in [2.75, 3.05) is 0 Å². The Morgan fingerprint density at radius 1 is 0.733 bits per heavy atom. The monoisotopic (exact) mass is 208 g/mol. The second-order valence-corrected chi connectivity index (χ2v) is 7.42. The van der Waals surface area contributed by atoms with Crippen molar-refractivity contribution in [2.45, 2.75) is 62.3 Å². The highest BCUT2D eigenvalue weighted by atomic mass is 14.6. The van der Waals surface area contributed by atoms with Crippen LogP contribution in [0.5, 0.6) is 0 Å². The maximum atomic E-state index is 2.48. The van der Waals surface area contributed by atoms with Crippen LogP contribution in [0, 0.1) is 21.7 Å². The molecule has 0 aromatic carbocycles. The largest absolute Gasteiger partial charge is 0.0788 e. The van der Waals surface area contributed by atoms with Gasteiger partial charge in [0, 0.05) is 0 Å². The number of rotatable bonds is 0. The highest BCUT2D eigenvalue weighted by molar-refractivity contribution is 5.27. The zero-order chi connectivity index (χ0) is 12.3. The van der Waals surface area contributed by atoms with Crippen LogP contribution >= 0.6 is 0 Å². The number of hydrogen-bond acceptors (Lipinski definition) is 0. The van der Waals surface area contributed by atoms with Crippen molar-refractivity contribution in [3.63, 3.8) is 0 Å². The molecule has 0 nitrogen and oxygen atoms in total. The van der Waals surface area contributed by atoms with Crippen LogP contribution in [0.2, 0.25) is 0 Å². The van der Waals surface area contributed by atoms with Crippen LogP contribution in [0.25, 0.3) is 0 Å². The first kappa shape index (κ1) is 12.8. The van der Waals surface area contributed by atoms with Crippen LogP contribution < -0.4 is 0 Å². The minimum atomic E-state index is 0.274. The lowest BCUT2D eigenvalue weighted by Gasteiger charge is -2.62. The molecule has 0 saturated heterocycles. The lowest BCUT2D eigenvalue weighted by Crippen LogP contribution is -2.54. The predicted octanol–water partition coefficient (Wildman–Crippen LogP) is 5.05. The van der Waals surface area contributed by atoms with Crippen LogP contribution in [0.1, 0.15) is 62.3 Å². The molecule has 15 heavy (non-hydrogen) atoms. The van der Waals surface area contributed by atoms with E-state index in [1.807, 2.05) is 0 Å². The van der Waals surface area contributed by atoms with E-state index in [4.69, 9.17) is 0 Å². The quantitative estimate of drug-likeness (QED) is 0.489. The van der Waals surface area contributed by atoms with Gasteiger partial charge in [-0.2, -0.15) is 0 Å². The average Bonchev–Trinajstić information content (AvgIpc) is 2.00. The summed E-state index contributed by atoms with van der Waals surface area (Å²) in [6, 6.07) is 0. The first-order valence-corrected chi connectivity index (χ1v) is 6.08. The van der Waals surface area contributed by atoms with Gasteiger partial charge < -0.3 is 0 Å². The molecular weight excluding hydrogens is 180 g/mol. The lowest BCUT2D eigenvalue weighted by atomic mass is 9.42. The van der Waals surface area contributed by atoms with E-state index in [1.54, 1.807) is 0 Å². The summed E-state index contributed by atoms with van der Waals surface area (Å²) in [6.07, 6.45) is 2.48. The van der Waals surface area contributed by atoms with Crippen molar-refractivity contribution in [3.8, 4) is 0 Å². The summed E-state index contributed by atoms with van der Waals surface area (Å²) >= 11 is 0. The van der Waals surface area contributed by atoms with Crippen LogP contribution in [-0.4, -0.2) is 0 Å². The molecule has 0 fully saturated rings. The van der Waals surface area contributed by atoms with E-state index in [-0.39, 0.29) is 10.8 Å². The molecule has 0 atom stereocenters. The van der Waals surface area contributed by atoms with Crippen molar-refractivity contribution in [2.24, 2.45) is 21.7 Å². The van der Waals surface area contributed by atoms with Gasteiger partial charge >= 0.3 is 0 Å². The van der Waals surface area contributed by atoms with Gasteiger partial charge in [0.2, 0.25) is 0 Å². The van der Waals surface area contributed by atoms with E-state index >= 15 is 0 Å². The predicted molar refractivity (Wildman–Crippen MR) is 68.9 cm³/mol. The maximum Gasteiger partial charge on any atom is -0.00907 e. The second kappa shape index (κ2) is 2.90. The van der Waals surface area contributed by atoms with E-state index in [0.717, 1.165) is 0 Å². The van der Waals surface area contributed by atoms with E-state index in [9.17, 15) is 0 Å². The standard InChI is InChI=1S/C15H28/c1-11-10-12(2,3)14(6,7)15(8,9)13(11,4)5/h10H,1-9H3. The molecule has 0 aliphatic heterocycles. The molecule has 0 aromatic heterocycles. The van der Waals surface area contributed by atoms with Gasteiger partial charge in [0.05, 0.1) is 0 Å². The first-order valence-electron chi connectivity index (χ1n) is 6.08. The molecule has 0 amide bonds. The third-order valence-electron chi connectivity index (χ3n) is 6.30. The van der Waals surface area contributed by atoms with Crippen molar-refractivity contribution < 1.29 is 0 Å². The van der Waals surface area contributed by atoms with E-state index in [2.05, 4.69) is 68.4 Å². The van der Waals surface area contributed by atoms with Crippen LogP contribution in [0.15, 0.2) is 11.6 Å². The minimum Gasteiger partial charge on any atom is -0.0788 e. The molecule has 0 saturated carbocycles. The Hall–Kier alpha value is -0.260. The summed E-state index contributed by atoms with van der Waals surface area (Å²) in [4.78, 5) is 0. The van der Waals surface area contributed by atoms with Gasteiger partial charge in [0.1, 0.15) is 0 Å². The molecule has 0 heteroatoms. The molecule has 0 unspecified atom stereocenters. The van der Waals surface area contributed by atoms with E-state index in [1.165, 1.54) is 5.57 Å². The number of hydrogen-bond donors (Lipinski definition) is 0. The molecule has 0 spiro atoms. The molecule has 1 aliphatic carbocycles. The molecule has 1 rings (SSSR count). The highest BCUT2D eigenvalue weighted by Gasteiger charge is 2.57. The van der Waals surface area contributed by atoms with Crippen molar-refractivity contribution >= 4 is 0 Å². The van der Waals surface area contributed by atoms with Gasteiger partial charge in [-0.15, -0.1) is 0 Å². The van der Waals surface area contributed by atoms with Gasteiger partial charge in [-0.05, 0) is 28.6 Å². The Balaban J connectivity index is 3.49. The molecule has 0 bridgehead atoms. The fourth-order valence-electron chi connectivity index (χ4n) is 2.98. The first-order chi connectivity index (χ1) is 6.38. The average molecular weight is 208 g/mol. The fraction of sp³-hybridized carbons (Fsp3) is 0.867. The Kier molecular flexibility index (Phi) is 2.47. The molecule has 1 aliphatic rings. The fourth-order valence-corrected chi connectivity index (χ4v) is 2.98. The highest BCUT2D eigenvalue weighted by Crippen LogP contribution is 2.65. The minimum absolute atomic E-state index is 0.274.